The molecule has 2 aliphatic rings. The van der Waals surface area contributed by atoms with Gasteiger partial charge in [0.15, 0.2) is 5.65 Å². The number of anilines is 2. The molecule has 1 aromatic carbocycles. The number of hydrogen-bond donors (Lipinski definition) is 1. The molecule has 4 heterocycles. The largest absolute Gasteiger partial charge is 0.389 e. The van der Waals surface area contributed by atoms with E-state index in [0.29, 0.717) is 18.8 Å². The molecule has 0 aliphatic carbocycles. The zero-order valence-corrected chi connectivity index (χ0v) is 19.8. The van der Waals surface area contributed by atoms with Crippen molar-refractivity contribution >= 4 is 23.1 Å². The zero-order valence-electron chi connectivity index (χ0n) is 19.8. The lowest BCUT2D eigenvalue weighted by Gasteiger charge is -2.29. The first-order valence-corrected chi connectivity index (χ1v) is 11.9. The Labute approximate surface area is 205 Å². The summed E-state index contributed by atoms with van der Waals surface area (Å²) in [5.74, 6) is -1.25. The summed E-state index contributed by atoms with van der Waals surface area (Å²) in [5, 5.41) is 2.57. The maximum atomic E-state index is 14.8. The van der Waals surface area contributed by atoms with Crippen LogP contribution in [0.15, 0.2) is 36.8 Å². The van der Waals surface area contributed by atoms with E-state index in [4.69, 9.17) is 4.74 Å². The van der Waals surface area contributed by atoms with Gasteiger partial charge in [-0.2, -0.15) is 13.2 Å². The van der Waals surface area contributed by atoms with Crippen molar-refractivity contribution < 1.29 is 27.1 Å². The van der Waals surface area contributed by atoms with Gasteiger partial charge >= 0.3 is 12.2 Å². The van der Waals surface area contributed by atoms with Gasteiger partial charge < -0.3 is 24.3 Å². The highest BCUT2D eigenvalue weighted by Crippen LogP contribution is 2.34. The topological polar surface area (TPSA) is 62.1 Å². The van der Waals surface area contributed by atoms with E-state index in [1.807, 2.05) is 22.9 Å². The third-order valence-electron chi connectivity index (χ3n) is 6.78. The number of pyridine rings is 1. The van der Waals surface area contributed by atoms with E-state index in [0.717, 1.165) is 35.6 Å². The average molecular weight is 506 g/mol. The van der Waals surface area contributed by atoms with Crippen LogP contribution in [0.1, 0.15) is 18.4 Å². The highest BCUT2D eigenvalue weighted by molar-refractivity contribution is 5.91. The number of benzene rings is 1. The molecule has 2 aromatic heterocycles. The molecule has 36 heavy (non-hydrogen) atoms. The van der Waals surface area contributed by atoms with Gasteiger partial charge in [-0.1, -0.05) is 0 Å². The van der Waals surface area contributed by atoms with E-state index in [1.165, 1.54) is 11.0 Å². The molecule has 2 saturated heterocycles. The molecule has 0 radical (unpaired) electrons. The Kier molecular flexibility index (Phi) is 6.50. The molecule has 2 fully saturated rings. The van der Waals surface area contributed by atoms with E-state index in [9.17, 15) is 22.4 Å². The molecule has 5 rings (SSSR count). The molecular formula is C25H27F4N5O2. The number of carbonyl (C=O) groups excluding carboxylic acids is 1. The number of rotatable bonds is 4. The SMILES string of the molecule is Cc1cc(F)c(NC(=O)N2CC[C@@H](CC(F)(F)F)C2)cc1-c1cc(N2CCOCC2)c2nccn2c1. The first kappa shape index (κ1) is 24.4. The number of likely N-dealkylation sites (tertiary alicyclic amines) is 1. The number of imidazole rings is 1. The number of urea groups is 1. The van der Waals surface area contributed by atoms with Crippen molar-refractivity contribution in [2.24, 2.45) is 5.92 Å². The van der Waals surface area contributed by atoms with Gasteiger partial charge in [0.1, 0.15) is 5.82 Å². The van der Waals surface area contributed by atoms with E-state index >= 15 is 0 Å². The second-order valence-electron chi connectivity index (χ2n) is 9.37. The van der Waals surface area contributed by atoms with Crippen LogP contribution in [0.25, 0.3) is 16.8 Å². The van der Waals surface area contributed by atoms with Crippen LogP contribution >= 0.6 is 0 Å². The summed E-state index contributed by atoms with van der Waals surface area (Å²) in [7, 11) is 0. The fourth-order valence-corrected chi connectivity index (χ4v) is 4.98. The summed E-state index contributed by atoms with van der Waals surface area (Å²) in [5.41, 5.74) is 3.96. The summed E-state index contributed by atoms with van der Waals surface area (Å²) in [4.78, 5) is 20.7. The quantitative estimate of drug-likeness (QED) is 0.502. The van der Waals surface area contributed by atoms with Crippen molar-refractivity contribution in [3.05, 3.63) is 48.2 Å². The van der Waals surface area contributed by atoms with E-state index in [2.05, 4.69) is 15.2 Å². The summed E-state index contributed by atoms with van der Waals surface area (Å²) >= 11 is 0. The molecule has 2 aliphatic heterocycles. The molecular weight excluding hydrogens is 478 g/mol. The van der Waals surface area contributed by atoms with Crippen LogP contribution in [0.3, 0.4) is 0 Å². The second-order valence-corrected chi connectivity index (χ2v) is 9.37. The van der Waals surface area contributed by atoms with Crippen molar-refractivity contribution in [3.63, 3.8) is 0 Å². The van der Waals surface area contributed by atoms with Gasteiger partial charge in [0, 0.05) is 56.8 Å². The summed E-state index contributed by atoms with van der Waals surface area (Å²) in [6.45, 7) is 4.66. The van der Waals surface area contributed by atoms with Crippen LogP contribution in [0.2, 0.25) is 0 Å². The molecule has 0 unspecified atom stereocenters. The van der Waals surface area contributed by atoms with Crippen LogP contribution in [0, 0.1) is 18.7 Å². The van der Waals surface area contributed by atoms with Crippen LogP contribution in [0.5, 0.6) is 0 Å². The Morgan fingerprint density at radius 2 is 1.97 bits per heavy atom. The van der Waals surface area contributed by atoms with Crippen LogP contribution in [-0.2, 0) is 4.74 Å². The third kappa shape index (κ3) is 5.11. The summed E-state index contributed by atoms with van der Waals surface area (Å²) in [6.07, 6.45) is 0.529. The maximum absolute atomic E-state index is 14.8. The first-order chi connectivity index (χ1) is 17.2. The van der Waals surface area contributed by atoms with Crippen molar-refractivity contribution in [1.82, 2.24) is 14.3 Å². The Balaban J connectivity index is 1.41. The molecule has 1 atom stereocenters. The average Bonchev–Trinajstić information content (AvgIpc) is 3.49. The molecule has 192 valence electrons. The lowest BCUT2D eigenvalue weighted by Crippen LogP contribution is -2.36. The number of nitrogens with one attached hydrogen (secondary N) is 1. The van der Waals surface area contributed by atoms with Crippen LogP contribution in [0.4, 0.5) is 33.7 Å². The normalized spacial score (nSPS) is 18.8. The molecule has 0 spiro atoms. The molecule has 7 nitrogen and oxygen atoms in total. The Morgan fingerprint density at radius 1 is 1.19 bits per heavy atom. The minimum Gasteiger partial charge on any atom is -0.378 e. The monoisotopic (exact) mass is 505 g/mol. The standard InChI is InChI=1S/C25H27F4N5O2/c1-16-10-20(26)21(31-24(35)34-4-2-17(14-34)13-25(27,28)29)12-19(16)18-11-22(32-6-8-36-9-7-32)23-30-3-5-33(23)15-18/h3,5,10-12,15,17H,2,4,6-9,13-14H2,1H3,(H,31,35)/t17-/m0/s1. The summed E-state index contributed by atoms with van der Waals surface area (Å²) < 4.78 is 60.4. The first-order valence-electron chi connectivity index (χ1n) is 11.9. The lowest BCUT2D eigenvalue weighted by atomic mass is 10.00. The molecule has 2 amide bonds. The fraction of sp³-hybridized carbons (Fsp3) is 0.440. The maximum Gasteiger partial charge on any atom is 0.389 e. The number of amides is 2. The smallest absolute Gasteiger partial charge is 0.378 e. The fourth-order valence-electron chi connectivity index (χ4n) is 4.98. The van der Waals surface area contributed by atoms with Gasteiger partial charge in [-0.3, -0.25) is 0 Å². The number of carbonyl (C=O) groups is 1. The van der Waals surface area contributed by atoms with Gasteiger partial charge in [0.05, 0.1) is 24.6 Å². The predicted molar refractivity (Wildman–Crippen MR) is 128 cm³/mol. The van der Waals surface area contributed by atoms with Crippen LogP contribution in [-0.4, -0.2) is 65.9 Å². The van der Waals surface area contributed by atoms with E-state index in [-0.39, 0.29) is 25.2 Å². The van der Waals surface area contributed by atoms with Crippen molar-refractivity contribution in [3.8, 4) is 11.1 Å². The van der Waals surface area contributed by atoms with Gasteiger partial charge in [-0.05, 0) is 48.6 Å². The number of aromatic nitrogens is 2. The molecule has 0 bridgehead atoms. The number of aryl methyl sites for hydroxylation is 1. The number of fused-ring (bicyclic) bond motifs is 1. The van der Waals surface area contributed by atoms with E-state index in [1.54, 1.807) is 19.2 Å². The molecule has 3 aromatic rings. The second kappa shape index (κ2) is 9.61. The number of morpholine rings is 1. The highest BCUT2D eigenvalue weighted by atomic mass is 19.4. The van der Waals surface area contributed by atoms with Crippen molar-refractivity contribution in [1.29, 1.82) is 0 Å². The molecule has 11 heteroatoms. The van der Waals surface area contributed by atoms with Gasteiger partial charge in [0.2, 0.25) is 0 Å². The van der Waals surface area contributed by atoms with Gasteiger partial charge in [-0.25, -0.2) is 14.2 Å². The molecule has 0 saturated carbocycles. The Morgan fingerprint density at radius 3 is 2.72 bits per heavy atom. The number of halogens is 4. The number of nitrogens with zero attached hydrogens (tertiary/aromatic N) is 4. The number of ether oxygens (including phenoxy) is 1. The van der Waals surface area contributed by atoms with Crippen molar-refractivity contribution in [2.75, 3.05) is 49.6 Å². The minimum atomic E-state index is -4.27. The van der Waals surface area contributed by atoms with E-state index < -0.39 is 30.4 Å². The Bertz CT molecular complexity index is 1270. The zero-order chi connectivity index (χ0) is 25.4. The molecule has 1 N–H and O–H groups in total. The van der Waals surface area contributed by atoms with Crippen molar-refractivity contribution in [2.45, 2.75) is 25.9 Å². The number of hydrogen-bond acceptors (Lipinski definition) is 4. The highest BCUT2D eigenvalue weighted by Gasteiger charge is 2.36. The summed E-state index contributed by atoms with van der Waals surface area (Å²) in [6, 6.07) is 4.33. The lowest BCUT2D eigenvalue weighted by molar-refractivity contribution is -0.143. The predicted octanol–water partition coefficient (Wildman–Crippen LogP) is 5.09. The third-order valence-corrected chi connectivity index (χ3v) is 6.78. The Hall–Kier alpha value is -3.34. The number of alkyl halides is 3. The minimum absolute atomic E-state index is 0.00805. The van der Waals surface area contributed by atoms with Crippen LogP contribution < -0.4 is 10.2 Å². The van der Waals surface area contributed by atoms with Gasteiger partial charge in [0.25, 0.3) is 0 Å². The van der Waals surface area contributed by atoms with Gasteiger partial charge in [-0.15, -0.1) is 0 Å².